The molecular formula is C15H19NO2S. The smallest absolute Gasteiger partial charge is 0.255 e. The molecule has 4 heteroatoms. The largest absolute Gasteiger partial charge is 0.491 e. The number of primary amides is 1. The first kappa shape index (κ1) is 15.4. The number of allylic oxidation sites excluding steroid dienone is 1. The fourth-order valence-corrected chi connectivity index (χ4v) is 2.17. The summed E-state index contributed by atoms with van der Waals surface area (Å²) < 4.78 is 5.57. The molecule has 19 heavy (non-hydrogen) atoms. The van der Waals surface area contributed by atoms with Crippen molar-refractivity contribution in [2.75, 3.05) is 0 Å². The van der Waals surface area contributed by atoms with Crippen molar-refractivity contribution in [3.63, 3.8) is 0 Å². The molecule has 0 aliphatic carbocycles. The molecular weight excluding hydrogens is 258 g/mol. The molecule has 1 rings (SSSR count). The highest BCUT2D eigenvalue weighted by atomic mass is 32.2. The molecule has 0 aliphatic heterocycles. The topological polar surface area (TPSA) is 52.3 Å². The van der Waals surface area contributed by atoms with E-state index in [1.807, 2.05) is 38.1 Å². The zero-order chi connectivity index (χ0) is 14.4. The number of benzene rings is 1. The maximum atomic E-state index is 11.1. The van der Waals surface area contributed by atoms with E-state index >= 15 is 0 Å². The van der Waals surface area contributed by atoms with Gasteiger partial charge in [0.1, 0.15) is 5.75 Å². The van der Waals surface area contributed by atoms with Gasteiger partial charge in [0.05, 0.1) is 11.0 Å². The van der Waals surface area contributed by atoms with E-state index in [1.54, 1.807) is 13.0 Å². The highest BCUT2D eigenvalue weighted by molar-refractivity contribution is 8.12. The van der Waals surface area contributed by atoms with Gasteiger partial charge < -0.3 is 10.5 Å². The Labute approximate surface area is 118 Å². The van der Waals surface area contributed by atoms with Crippen LogP contribution in [-0.2, 0) is 4.79 Å². The Balaban J connectivity index is 2.75. The molecule has 0 aliphatic rings. The Morgan fingerprint density at radius 2 is 1.95 bits per heavy atom. The zero-order valence-electron chi connectivity index (χ0n) is 11.5. The number of ether oxygens (including phenoxy) is 1. The lowest BCUT2D eigenvalue weighted by molar-refractivity contribution is -0.113. The fraction of sp³-hybridized carbons (Fsp3) is 0.267. The highest BCUT2D eigenvalue weighted by Gasteiger charge is 2.08. The van der Waals surface area contributed by atoms with Crippen molar-refractivity contribution >= 4 is 22.6 Å². The number of thioether (sulfide) groups is 1. The predicted octanol–water partition coefficient (Wildman–Crippen LogP) is 3.57. The summed E-state index contributed by atoms with van der Waals surface area (Å²) in [5.41, 5.74) is 6.21. The van der Waals surface area contributed by atoms with E-state index in [0.29, 0.717) is 4.91 Å². The number of amides is 1. The molecule has 0 atom stereocenters. The SMILES string of the molecule is C=C(S/C(=C\C)C(N)=O)c1ccc(OC(C)C)cc1. The molecule has 102 valence electrons. The van der Waals surface area contributed by atoms with Crippen LogP contribution >= 0.6 is 11.8 Å². The van der Waals surface area contributed by atoms with Gasteiger partial charge in [-0.3, -0.25) is 4.79 Å². The second kappa shape index (κ2) is 7.04. The van der Waals surface area contributed by atoms with Crippen LogP contribution in [0.25, 0.3) is 4.91 Å². The van der Waals surface area contributed by atoms with E-state index < -0.39 is 5.91 Å². The highest BCUT2D eigenvalue weighted by Crippen LogP contribution is 2.32. The quantitative estimate of drug-likeness (QED) is 0.809. The Bertz CT molecular complexity index is 489. The monoisotopic (exact) mass is 277 g/mol. The summed E-state index contributed by atoms with van der Waals surface area (Å²) in [5, 5.41) is 0. The van der Waals surface area contributed by atoms with Crippen molar-refractivity contribution in [3.05, 3.63) is 47.4 Å². The minimum absolute atomic E-state index is 0.146. The van der Waals surface area contributed by atoms with Gasteiger partial charge in [0, 0.05) is 4.91 Å². The summed E-state index contributed by atoms with van der Waals surface area (Å²) in [5.74, 6) is 0.381. The van der Waals surface area contributed by atoms with Gasteiger partial charge in [-0.05, 0) is 38.5 Å². The molecule has 2 N–H and O–H groups in total. The van der Waals surface area contributed by atoms with E-state index in [-0.39, 0.29) is 6.10 Å². The average Bonchev–Trinajstić information content (AvgIpc) is 2.35. The zero-order valence-corrected chi connectivity index (χ0v) is 12.3. The van der Waals surface area contributed by atoms with E-state index in [9.17, 15) is 4.79 Å². The van der Waals surface area contributed by atoms with Gasteiger partial charge >= 0.3 is 0 Å². The molecule has 0 fully saturated rings. The number of rotatable bonds is 6. The van der Waals surface area contributed by atoms with Crippen LogP contribution in [-0.4, -0.2) is 12.0 Å². The molecule has 3 nitrogen and oxygen atoms in total. The Morgan fingerprint density at radius 3 is 2.37 bits per heavy atom. The average molecular weight is 277 g/mol. The lowest BCUT2D eigenvalue weighted by Crippen LogP contribution is -2.11. The van der Waals surface area contributed by atoms with Gasteiger partial charge in [0.15, 0.2) is 0 Å². The molecule has 1 amide bonds. The molecule has 0 heterocycles. The van der Waals surface area contributed by atoms with Crippen LogP contribution in [0.1, 0.15) is 26.3 Å². The van der Waals surface area contributed by atoms with E-state index in [2.05, 4.69) is 6.58 Å². The number of hydrogen-bond acceptors (Lipinski definition) is 3. The summed E-state index contributed by atoms with van der Waals surface area (Å²) in [7, 11) is 0. The number of nitrogens with two attached hydrogens (primary N) is 1. The molecule has 1 aromatic carbocycles. The molecule has 1 aromatic rings. The first-order valence-corrected chi connectivity index (χ1v) is 6.85. The summed E-state index contributed by atoms with van der Waals surface area (Å²) in [6.45, 7) is 9.70. The van der Waals surface area contributed by atoms with Gasteiger partial charge in [-0.25, -0.2) is 0 Å². The lowest BCUT2D eigenvalue weighted by atomic mass is 10.2. The van der Waals surface area contributed by atoms with Gasteiger partial charge in [-0.1, -0.05) is 36.5 Å². The molecule has 0 saturated heterocycles. The lowest BCUT2D eigenvalue weighted by Gasteiger charge is -2.11. The van der Waals surface area contributed by atoms with Crippen LogP contribution in [0.5, 0.6) is 5.75 Å². The summed E-state index contributed by atoms with van der Waals surface area (Å²) in [4.78, 5) is 12.4. The third-order valence-electron chi connectivity index (χ3n) is 2.29. The van der Waals surface area contributed by atoms with Gasteiger partial charge in [0.25, 0.3) is 5.91 Å². The second-order valence-electron chi connectivity index (χ2n) is 4.23. The predicted molar refractivity (Wildman–Crippen MR) is 81.8 cm³/mol. The van der Waals surface area contributed by atoms with Crippen LogP contribution in [0, 0.1) is 0 Å². The van der Waals surface area contributed by atoms with Crippen molar-refractivity contribution in [2.45, 2.75) is 26.9 Å². The van der Waals surface area contributed by atoms with Crippen LogP contribution in [0.2, 0.25) is 0 Å². The normalized spacial score (nSPS) is 11.5. The Kier molecular flexibility index (Phi) is 5.70. The maximum Gasteiger partial charge on any atom is 0.255 e. The number of carbonyl (C=O) groups is 1. The minimum Gasteiger partial charge on any atom is -0.491 e. The van der Waals surface area contributed by atoms with Crippen molar-refractivity contribution in [2.24, 2.45) is 5.73 Å². The first-order chi connectivity index (χ1) is 8.93. The summed E-state index contributed by atoms with van der Waals surface area (Å²) in [6.07, 6.45) is 1.84. The molecule has 0 bridgehead atoms. The van der Waals surface area contributed by atoms with Gasteiger partial charge in [0.2, 0.25) is 0 Å². The second-order valence-corrected chi connectivity index (χ2v) is 5.37. The molecule has 0 unspecified atom stereocenters. The summed E-state index contributed by atoms with van der Waals surface area (Å²) in [6, 6.07) is 7.62. The summed E-state index contributed by atoms with van der Waals surface area (Å²) >= 11 is 1.28. The van der Waals surface area contributed by atoms with E-state index in [4.69, 9.17) is 10.5 Å². The van der Waals surface area contributed by atoms with Crippen LogP contribution < -0.4 is 10.5 Å². The molecule has 0 radical (unpaired) electrons. The Hall–Kier alpha value is -1.68. The third kappa shape index (κ3) is 4.83. The Morgan fingerprint density at radius 1 is 1.37 bits per heavy atom. The molecule has 0 aromatic heterocycles. The van der Waals surface area contributed by atoms with Gasteiger partial charge in [-0.15, -0.1) is 0 Å². The number of hydrogen-bond donors (Lipinski definition) is 1. The van der Waals surface area contributed by atoms with E-state index in [1.165, 1.54) is 11.8 Å². The standard InChI is InChI=1S/C15H19NO2S/c1-5-14(15(16)17)19-11(4)12-6-8-13(9-7-12)18-10(2)3/h5-10H,4H2,1-3H3,(H2,16,17)/b14-5-. The molecule has 0 spiro atoms. The maximum absolute atomic E-state index is 11.1. The minimum atomic E-state index is -0.437. The van der Waals surface area contributed by atoms with Crippen LogP contribution in [0.15, 0.2) is 41.8 Å². The van der Waals surface area contributed by atoms with Crippen LogP contribution in [0.4, 0.5) is 0 Å². The molecule has 0 saturated carbocycles. The van der Waals surface area contributed by atoms with Crippen molar-refractivity contribution < 1.29 is 9.53 Å². The van der Waals surface area contributed by atoms with Gasteiger partial charge in [-0.2, -0.15) is 0 Å². The van der Waals surface area contributed by atoms with Crippen LogP contribution in [0.3, 0.4) is 0 Å². The first-order valence-electron chi connectivity index (χ1n) is 6.04. The van der Waals surface area contributed by atoms with Crippen molar-refractivity contribution in [1.29, 1.82) is 0 Å². The third-order valence-corrected chi connectivity index (χ3v) is 3.43. The van der Waals surface area contributed by atoms with Crippen molar-refractivity contribution in [3.8, 4) is 5.75 Å². The van der Waals surface area contributed by atoms with E-state index in [0.717, 1.165) is 16.2 Å². The van der Waals surface area contributed by atoms with Crippen molar-refractivity contribution in [1.82, 2.24) is 0 Å². The number of carbonyl (C=O) groups excluding carboxylic acids is 1. The fourth-order valence-electron chi connectivity index (χ4n) is 1.43.